The van der Waals surface area contributed by atoms with E-state index in [1.807, 2.05) is 4.90 Å². The highest BCUT2D eigenvalue weighted by Crippen LogP contribution is 2.10. The number of nitrogens with one attached hydrogen (secondary N) is 2. The van der Waals surface area contributed by atoms with Crippen LogP contribution in [-0.4, -0.2) is 65.3 Å². The summed E-state index contributed by atoms with van der Waals surface area (Å²) < 4.78 is 1.74. The number of unbranched alkanes of at least 4 members (excludes halogenated alkanes) is 9. The lowest BCUT2D eigenvalue weighted by Crippen LogP contribution is -2.51. The molecule has 6 nitrogen and oxygen atoms in total. The van der Waals surface area contributed by atoms with E-state index in [4.69, 9.17) is 5.11 Å². The van der Waals surface area contributed by atoms with Crippen molar-refractivity contribution in [3.8, 4) is 12.0 Å². The third-order valence-corrected chi connectivity index (χ3v) is 5.36. The summed E-state index contributed by atoms with van der Waals surface area (Å²) in [4.78, 5) is 12.9. The van der Waals surface area contributed by atoms with Crippen molar-refractivity contribution in [3.63, 3.8) is 0 Å². The zero-order valence-corrected chi connectivity index (χ0v) is 18.9. The van der Waals surface area contributed by atoms with Crippen molar-refractivity contribution in [3.05, 3.63) is 0 Å². The molecule has 0 spiro atoms. The van der Waals surface area contributed by atoms with Gasteiger partial charge in [0, 0.05) is 12.0 Å². The molecule has 6 heteroatoms. The van der Waals surface area contributed by atoms with Gasteiger partial charge in [0.15, 0.2) is 6.54 Å². The molecule has 3 N–H and O–H groups in total. The van der Waals surface area contributed by atoms with Crippen molar-refractivity contribution in [1.82, 2.24) is 15.5 Å². The summed E-state index contributed by atoms with van der Waals surface area (Å²) in [5, 5.41) is 16.0. The summed E-state index contributed by atoms with van der Waals surface area (Å²) in [5.41, 5.74) is 0. The van der Waals surface area contributed by atoms with E-state index in [0.29, 0.717) is 6.54 Å². The first-order chi connectivity index (χ1) is 14.0. The maximum atomic E-state index is 10.8. The van der Waals surface area contributed by atoms with Gasteiger partial charge >= 0.3 is 5.97 Å². The lowest BCUT2D eigenvalue weighted by atomic mass is 10.1. The van der Waals surface area contributed by atoms with E-state index in [2.05, 4.69) is 43.4 Å². The van der Waals surface area contributed by atoms with E-state index in [0.717, 1.165) is 13.1 Å². The molecule has 0 saturated carbocycles. The first-order valence-electron chi connectivity index (χ1n) is 11.6. The van der Waals surface area contributed by atoms with E-state index in [9.17, 15) is 4.79 Å². The van der Waals surface area contributed by atoms with Crippen LogP contribution in [0, 0.1) is 12.0 Å². The molecule has 0 bridgehead atoms. The molecule has 2 unspecified atom stereocenters. The highest BCUT2D eigenvalue weighted by molar-refractivity contribution is 5.75. The number of hydrogen-bond donors (Lipinski definition) is 3. The Kier molecular flexibility index (Phi) is 14.3. The lowest BCUT2D eigenvalue weighted by molar-refractivity contribution is -0.512. The highest BCUT2D eigenvalue weighted by Gasteiger charge is 2.18. The summed E-state index contributed by atoms with van der Waals surface area (Å²) in [6.45, 7) is 8.91. The van der Waals surface area contributed by atoms with Crippen LogP contribution >= 0.6 is 0 Å². The van der Waals surface area contributed by atoms with Crippen LogP contribution < -0.4 is 10.6 Å². The Labute approximate surface area is 178 Å². The normalized spacial score (nSPS) is 15.8. The lowest BCUT2D eigenvalue weighted by Gasteiger charge is -2.28. The zero-order chi connectivity index (χ0) is 21.3. The number of rotatable bonds is 17. The number of carbonyl (C=O) groups is 1. The van der Waals surface area contributed by atoms with E-state index in [1.54, 1.807) is 10.8 Å². The van der Waals surface area contributed by atoms with Crippen LogP contribution in [0.2, 0.25) is 0 Å². The molecular weight excluding hydrogens is 364 g/mol. The van der Waals surface area contributed by atoms with Gasteiger partial charge < -0.3 is 15.3 Å². The molecule has 0 fully saturated rings. The Bertz CT molecular complexity index is 539. The maximum absolute atomic E-state index is 10.8. The molecule has 1 heterocycles. The van der Waals surface area contributed by atoms with Gasteiger partial charge in [0.1, 0.15) is 0 Å². The Hall–Kier alpha value is -1.58. The van der Waals surface area contributed by atoms with Crippen LogP contribution in [0.5, 0.6) is 0 Å². The maximum Gasteiger partial charge on any atom is 0.369 e. The molecule has 0 aromatic rings. The monoisotopic (exact) mass is 407 g/mol. The highest BCUT2D eigenvalue weighted by atomic mass is 16.4. The number of carboxylic acid groups (broad SMARTS) is 1. The minimum Gasteiger partial charge on any atom is -0.477 e. The number of nitrogens with zero attached hydrogens (tertiary/aromatic N) is 2. The van der Waals surface area contributed by atoms with Crippen LogP contribution in [0.15, 0.2) is 0 Å². The average molecular weight is 408 g/mol. The van der Waals surface area contributed by atoms with E-state index >= 15 is 0 Å². The molecule has 0 aliphatic carbocycles. The molecule has 1 aliphatic rings. The quantitative estimate of drug-likeness (QED) is 0.149. The minimum absolute atomic E-state index is 0.00114. The number of hydrogen-bond acceptors (Lipinski definition) is 4. The fourth-order valence-electron chi connectivity index (χ4n) is 3.59. The molecule has 0 saturated heterocycles. The first kappa shape index (κ1) is 25.5. The van der Waals surface area contributed by atoms with Gasteiger partial charge in [-0.05, 0) is 26.8 Å². The van der Waals surface area contributed by atoms with E-state index in [1.165, 1.54) is 64.2 Å². The molecule has 0 radical (unpaired) electrons. The second-order valence-electron chi connectivity index (χ2n) is 8.14. The Morgan fingerprint density at radius 3 is 2.34 bits per heavy atom. The topological polar surface area (TPSA) is 67.6 Å². The van der Waals surface area contributed by atoms with Crippen molar-refractivity contribution in [2.24, 2.45) is 0 Å². The zero-order valence-electron chi connectivity index (χ0n) is 18.9. The van der Waals surface area contributed by atoms with Crippen molar-refractivity contribution in [2.75, 3.05) is 26.2 Å². The Morgan fingerprint density at radius 2 is 1.72 bits per heavy atom. The van der Waals surface area contributed by atoms with E-state index in [-0.39, 0.29) is 18.9 Å². The van der Waals surface area contributed by atoms with Crippen molar-refractivity contribution >= 4 is 12.2 Å². The van der Waals surface area contributed by atoms with Gasteiger partial charge in [0.25, 0.3) is 0 Å². The molecule has 0 aromatic heterocycles. The van der Waals surface area contributed by atoms with Gasteiger partial charge in [-0.1, -0.05) is 64.7 Å². The first-order valence-corrected chi connectivity index (χ1v) is 11.6. The van der Waals surface area contributed by atoms with Crippen LogP contribution in [0.25, 0.3) is 0 Å². The third-order valence-electron chi connectivity index (χ3n) is 5.36. The second kappa shape index (κ2) is 16.2. The summed E-state index contributed by atoms with van der Waals surface area (Å²) in [6, 6.07) is 3.10. The molecule has 1 rings (SSSR count). The molecule has 166 valence electrons. The minimum atomic E-state index is -0.826. The largest absolute Gasteiger partial charge is 0.477 e. The van der Waals surface area contributed by atoms with Gasteiger partial charge in [0.05, 0.1) is 18.9 Å². The average Bonchev–Trinajstić information content (AvgIpc) is 2.91. The molecule has 0 aromatic carbocycles. The standard InChI is InChI=1S/C23H42N4O2/c1-4-5-6-7-8-9-10-11-12-13-15-24-21(2)25-22(3)27-17-14-16-26(18-19-27)20-23(28)29/h16,21-22,24-25H,4-13,15,18-20H2,1-3H3/p+1. The third kappa shape index (κ3) is 13.3. The summed E-state index contributed by atoms with van der Waals surface area (Å²) in [7, 11) is 0. The van der Waals surface area contributed by atoms with Gasteiger partial charge in [-0.3, -0.25) is 5.32 Å². The SMILES string of the molecule is CCCCCCCCCCCCNC(C)NC(C)N1C#CC=[N+](CC(=O)O)CC1. The second-order valence-corrected chi connectivity index (χ2v) is 8.14. The van der Waals surface area contributed by atoms with Gasteiger partial charge in [-0.25, -0.2) is 9.37 Å². The van der Waals surface area contributed by atoms with Crippen molar-refractivity contribution in [2.45, 2.75) is 97.3 Å². The fraction of sp³-hybridized carbons (Fsp3) is 0.826. The van der Waals surface area contributed by atoms with Crippen molar-refractivity contribution < 1.29 is 14.5 Å². The number of aliphatic carboxylic acids is 1. The predicted octanol–water partition coefficient (Wildman–Crippen LogP) is 3.22. The Balaban J connectivity index is 2.06. The summed E-state index contributed by atoms with van der Waals surface area (Å²) in [6.07, 6.45) is 15.6. The molecule has 1 aliphatic heterocycles. The van der Waals surface area contributed by atoms with Crippen LogP contribution in [0.1, 0.15) is 85.0 Å². The fourth-order valence-corrected chi connectivity index (χ4v) is 3.59. The molecule has 0 amide bonds. The Morgan fingerprint density at radius 1 is 1.10 bits per heavy atom. The summed E-state index contributed by atoms with van der Waals surface area (Å²) >= 11 is 0. The number of carboxylic acids is 1. The summed E-state index contributed by atoms with van der Waals surface area (Å²) in [5.74, 6) is 2.12. The smallest absolute Gasteiger partial charge is 0.369 e. The van der Waals surface area contributed by atoms with Gasteiger partial charge in [0.2, 0.25) is 12.8 Å². The molecular formula is C23H43N4O2+. The molecule has 2 atom stereocenters. The molecule has 29 heavy (non-hydrogen) atoms. The van der Waals surface area contributed by atoms with Crippen LogP contribution in [0.3, 0.4) is 0 Å². The van der Waals surface area contributed by atoms with Crippen molar-refractivity contribution in [1.29, 1.82) is 0 Å². The van der Waals surface area contributed by atoms with Gasteiger partial charge in [-0.15, -0.1) is 0 Å². The van der Waals surface area contributed by atoms with Crippen LogP contribution in [-0.2, 0) is 4.79 Å². The van der Waals surface area contributed by atoms with E-state index < -0.39 is 5.97 Å². The van der Waals surface area contributed by atoms with Gasteiger partial charge in [-0.2, -0.15) is 0 Å². The van der Waals surface area contributed by atoms with Crippen LogP contribution in [0.4, 0.5) is 0 Å². The predicted molar refractivity (Wildman–Crippen MR) is 120 cm³/mol.